The van der Waals surface area contributed by atoms with Gasteiger partial charge in [-0.15, -0.1) is 0 Å². The molecular formula is C6H10N4OS2. The summed E-state index contributed by atoms with van der Waals surface area (Å²) in [5, 5.41) is 3.51. The van der Waals surface area contributed by atoms with Gasteiger partial charge in [0.1, 0.15) is 0 Å². The number of carbonyl (C=O) groups is 1. The average molecular weight is 218 g/mol. The zero-order valence-electron chi connectivity index (χ0n) is 7.11. The predicted molar refractivity (Wildman–Crippen MR) is 54.1 cm³/mol. The first-order chi connectivity index (χ1) is 6.22. The van der Waals surface area contributed by atoms with Crippen LogP contribution in [0.1, 0.15) is 13.3 Å². The van der Waals surface area contributed by atoms with Crippen LogP contribution in [0.2, 0.25) is 0 Å². The first kappa shape index (κ1) is 10.3. The van der Waals surface area contributed by atoms with Gasteiger partial charge in [-0.3, -0.25) is 5.32 Å². The molecule has 0 spiro atoms. The number of hydrogen-bond acceptors (Lipinski definition) is 5. The van der Waals surface area contributed by atoms with Crippen molar-refractivity contribution in [3.63, 3.8) is 0 Å². The SMILES string of the molecule is CCCSc1nsc(NC(N)=O)n1. The van der Waals surface area contributed by atoms with E-state index in [1.807, 2.05) is 0 Å². The highest BCUT2D eigenvalue weighted by Crippen LogP contribution is 2.20. The summed E-state index contributed by atoms with van der Waals surface area (Å²) >= 11 is 2.70. The first-order valence-corrected chi connectivity index (χ1v) is 5.51. The van der Waals surface area contributed by atoms with Crippen LogP contribution in [0, 0.1) is 0 Å². The number of carbonyl (C=O) groups excluding carboxylic acids is 1. The zero-order valence-corrected chi connectivity index (χ0v) is 8.74. The lowest BCUT2D eigenvalue weighted by Crippen LogP contribution is -2.18. The molecule has 0 aliphatic carbocycles. The Labute approximate surface area is 84.3 Å². The summed E-state index contributed by atoms with van der Waals surface area (Å²) in [5.74, 6) is 0.979. The Hall–Kier alpha value is -0.820. The fourth-order valence-electron chi connectivity index (χ4n) is 0.618. The Morgan fingerprint density at radius 2 is 2.54 bits per heavy atom. The second-order valence-electron chi connectivity index (χ2n) is 2.22. The van der Waals surface area contributed by atoms with Gasteiger partial charge in [-0.1, -0.05) is 18.7 Å². The van der Waals surface area contributed by atoms with E-state index < -0.39 is 6.03 Å². The van der Waals surface area contributed by atoms with Crippen molar-refractivity contribution in [2.75, 3.05) is 11.1 Å². The van der Waals surface area contributed by atoms with Crippen molar-refractivity contribution in [2.24, 2.45) is 5.73 Å². The number of hydrogen-bond donors (Lipinski definition) is 2. The quantitative estimate of drug-likeness (QED) is 0.751. The van der Waals surface area contributed by atoms with Crippen LogP contribution in [0.15, 0.2) is 5.16 Å². The van der Waals surface area contributed by atoms with E-state index >= 15 is 0 Å². The topological polar surface area (TPSA) is 80.9 Å². The second-order valence-corrected chi connectivity index (χ2v) is 4.03. The smallest absolute Gasteiger partial charge is 0.318 e. The van der Waals surface area contributed by atoms with Gasteiger partial charge < -0.3 is 5.73 Å². The first-order valence-electron chi connectivity index (χ1n) is 3.75. The number of thioether (sulfide) groups is 1. The largest absolute Gasteiger partial charge is 0.351 e. The van der Waals surface area contributed by atoms with Crippen molar-refractivity contribution in [3.8, 4) is 0 Å². The molecule has 0 saturated carbocycles. The van der Waals surface area contributed by atoms with E-state index in [1.54, 1.807) is 11.8 Å². The summed E-state index contributed by atoms with van der Waals surface area (Å²) < 4.78 is 4.03. The molecule has 5 nitrogen and oxygen atoms in total. The van der Waals surface area contributed by atoms with Gasteiger partial charge >= 0.3 is 6.03 Å². The third-order valence-corrected chi connectivity index (χ3v) is 2.87. The van der Waals surface area contributed by atoms with Crippen LogP contribution in [0.4, 0.5) is 9.93 Å². The normalized spacial score (nSPS) is 9.92. The van der Waals surface area contributed by atoms with Crippen molar-refractivity contribution in [1.29, 1.82) is 0 Å². The van der Waals surface area contributed by atoms with E-state index in [0.29, 0.717) is 10.3 Å². The Balaban J connectivity index is 2.48. The highest BCUT2D eigenvalue weighted by atomic mass is 32.2. The maximum atomic E-state index is 10.4. The van der Waals surface area contributed by atoms with Crippen molar-refractivity contribution in [3.05, 3.63) is 0 Å². The molecule has 0 unspecified atom stereocenters. The number of aromatic nitrogens is 2. The van der Waals surface area contributed by atoms with Gasteiger partial charge in [0.05, 0.1) is 0 Å². The predicted octanol–water partition coefficient (Wildman–Crippen LogP) is 1.53. The van der Waals surface area contributed by atoms with E-state index in [1.165, 1.54) is 0 Å². The van der Waals surface area contributed by atoms with Gasteiger partial charge in [-0.05, 0) is 6.42 Å². The number of urea groups is 1. The number of rotatable bonds is 4. The molecule has 1 aromatic heterocycles. The van der Waals surface area contributed by atoms with Crippen LogP contribution in [0.3, 0.4) is 0 Å². The molecule has 13 heavy (non-hydrogen) atoms. The molecule has 1 aromatic rings. The maximum absolute atomic E-state index is 10.4. The molecule has 7 heteroatoms. The van der Waals surface area contributed by atoms with Crippen LogP contribution in [0.5, 0.6) is 0 Å². The fraction of sp³-hybridized carbons (Fsp3) is 0.500. The molecular weight excluding hydrogens is 208 g/mol. The van der Waals surface area contributed by atoms with Gasteiger partial charge in [0.25, 0.3) is 0 Å². The lowest BCUT2D eigenvalue weighted by Gasteiger charge is -1.92. The van der Waals surface area contributed by atoms with E-state index in [0.717, 1.165) is 23.7 Å². The number of nitrogens with zero attached hydrogens (tertiary/aromatic N) is 2. The van der Waals surface area contributed by atoms with E-state index in [2.05, 4.69) is 21.6 Å². The molecule has 1 rings (SSSR count). The molecule has 0 aromatic carbocycles. The maximum Gasteiger partial charge on any atom is 0.318 e. The summed E-state index contributed by atoms with van der Waals surface area (Å²) in [7, 11) is 0. The molecule has 0 saturated heterocycles. The third-order valence-electron chi connectivity index (χ3n) is 1.07. The molecule has 0 aliphatic heterocycles. The number of primary amides is 1. The summed E-state index contributed by atoms with van der Waals surface area (Å²) in [4.78, 5) is 14.5. The fourth-order valence-corrected chi connectivity index (χ4v) is 2.02. The van der Waals surface area contributed by atoms with Gasteiger partial charge in [0.15, 0.2) is 0 Å². The van der Waals surface area contributed by atoms with Gasteiger partial charge in [-0.2, -0.15) is 9.36 Å². The highest BCUT2D eigenvalue weighted by Gasteiger charge is 2.04. The minimum absolute atomic E-state index is 0.450. The summed E-state index contributed by atoms with van der Waals surface area (Å²) in [6, 6.07) is -0.608. The van der Waals surface area contributed by atoms with Crippen molar-refractivity contribution in [2.45, 2.75) is 18.5 Å². The zero-order chi connectivity index (χ0) is 9.68. The molecule has 0 fully saturated rings. The number of amides is 2. The average Bonchev–Trinajstić information content (AvgIpc) is 2.48. The van der Waals surface area contributed by atoms with Gasteiger partial charge in [-0.25, -0.2) is 4.79 Å². The monoisotopic (exact) mass is 218 g/mol. The van der Waals surface area contributed by atoms with Gasteiger partial charge in [0, 0.05) is 17.3 Å². The van der Waals surface area contributed by atoms with Crippen LogP contribution in [0.25, 0.3) is 0 Å². The summed E-state index contributed by atoms with van der Waals surface area (Å²) in [5.41, 5.74) is 4.92. The molecule has 1 heterocycles. The van der Waals surface area contributed by atoms with Crippen molar-refractivity contribution in [1.82, 2.24) is 9.36 Å². The lowest BCUT2D eigenvalue weighted by atomic mass is 10.6. The lowest BCUT2D eigenvalue weighted by molar-refractivity contribution is 0.259. The molecule has 0 bridgehead atoms. The minimum Gasteiger partial charge on any atom is -0.351 e. The van der Waals surface area contributed by atoms with Crippen LogP contribution in [-0.2, 0) is 0 Å². The molecule has 72 valence electrons. The van der Waals surface area contributed by atoms with E-state index in [4.69, 9.17) is 5.73 Å². The van der Waals surface area contributed by atoms with Crippen LogP contribution < -0.4 is 11.1 Å². The summed E-state index contributed by atoms with van der Waals surface area (Å²) in [6.45, 7) is 2.09. The van der Waals surface area contributed by atoms with E-state index in [-0.39, 0.29) is 0 Å². The Morgan fingerprint density at radius 3 is 3.15 bits per heavy atom. The van der Waals surface area contributed by atoms with Crippen molar-refractivity contribution < 1.29 is 4.79 Å². The number of nitrogens with one attached hydrogen (secondary N) is 1. The van der Waals surface area contributed by atoms with Crippen LogP contribution in [-0.4, -0.2) is 21.1 Å². The third kappa shape index (κ3) is 3.60. The molecule has 0 radical (unpaired) electrons. The standard InChI is InChI=1S/C6H10N4OS2/c1-2-3-12-6-9-5(13-10-6)8-4(7)11/h2-3H2,1H3,(H3,7,8,9,10,11). The number of nitrogens with two attached hydrogens (primary N) is 1. The Bertz CT molecular complexity index is 288. The second kappa shape index (κ2) is 5.03. The Kier molecular flexibility index (Phi) is 3.97. The molecule has 0 aliphatic rings. The molecule has 2 amide bonds. The van der Waals surface area contributed by atoms with E-state index in [9.17, 15) is 4.79 Å². The summed E-state index contributed by atoms with van der Waals surface area (Å²) in [6.07, 6.45) is 1.07. The highest BCUT2D eigenvalue weighted by molar-refractivity contribution is 7.99. The van der Waals surface area contributed by atoms with Crippen molar-refractivity contribution >= 4 is 34.5 Å². The Morgan fingerprint density at radius 1 is 1.77 bits per heavy atom. The number of anilines is 1. The van der Waals surface area contributed by atoms with Gasteiger partial charge in [0.2, 0.25) is 10.3 Å². The molecule has 0 atom stereocenters. The van der Waals surface area contributed by atoms with Crippen LogP contribution >= 0.6 is 23.3 Å². The molecule has 3 N–H and O–H groups in total. The minimum atomic E-state index is -0.608.